The number of unbranched alkanes of at least 4 members (excludes halogenated alkanes) is 2. The molecule has 1 amide bonds. The largest absolute Gasteiger partial charge is 0.481 e. The van der Waals surface area contributed by atoms with Crippen molar-refractivity contribution in [1.82, 2.24) is 5.32 Å². The van der Waals surface area contributed by atoms with Crippen LogP contribution in [0.3, 0.4) is 0 Å². The van der Waals surface area contributed by atoms with Gasteiger partial charge < -0.3 is 10.4 Å². The Kier molecular flexibility index (Phi) is 7.30. The van der Waals surface area contributed by atoms with E-state index in [9.17, 15) is 9.59 Å². The van der Waals surface area contributed by atoms with Gasteiger partial charge >= 0.3 is 5.97 Å². The van der Waals surface area contributed by atoms with Crippen LogP contribution in [0, 0.1) is 6.92 Å². The molecule has 0 saturated heterocycles. The van der Waals surface area contributed by atoms with Crippen molar-refractivity contribution in [3.8, 4) is 0 Å². The molecule has 0 aliphatic carbocycles. The van der Waals surface area contributed by atoms with E-state index < -0.39 is 5.97 Å². The molecule has 4 nitrogen and oxygen atoms in total. The van der Waals surface area contributed by atoms with Gasteiger partial charge in [0, 0.05) is 17.4 Å². The molecule has 110 valence electrons. The van der Waals surface area contributed by atoms with E-state index in [0.29, 0.717) is 19.4 Å². The quantitative estimate of drug-likeness (QED) is 0.714. The topological polar surface area (TPSA) is 66.4 Å². The number of carboxylic acids is 1. The lowest BCUT2D eigenvalue weighted by Gasteiger charge is -2.07. The summed E-state index contributed by atoms with van der Waals surface area (Å²) < 4.78 is 1.01. The molecule has 0 unspecified atom stereocenters. The maximum atomic E-state index is 11.8. The van der Waals surface area contributed by atoms with Gasteiger partial charge in [-0.3, -0.25) is 9.59 Å². The fraction of sp³-hybridized carbons (Fsp3) is 0.467. The smallest absolute Gasteiger partial charge is 0.303 e. The maximum absolute atomic E-state index is 11.8. The molecule has 1 aromatic rings. The Morgan fingerprint density at radius 3 is 2.65 bits per heavy atom. The lowest BCUT2D eigenvalue weighted by atomic mass is 10.1. The molecule has 2 N–H and O–H groups in total. The van der Waals surface area contributed by atoms with Crippen LogP contribution in [0.15, 0.2) is 22.7 Å². The Labute approximate surface area is 127 Å². The second kappa shape index (κ2) is 8.74. The number of aryl methyl sites for hydroxylation is 1. The van der Waals surface area contributed by atoms with Gasteiger partial charge in [-0.1, -0.05) is 28.4 Å². The molecule has 0 atom stereocenters. The van der Waals surface area contributed by atoms with Crippen LogP contribution in [-0.4, -0.2) is 23.5 Å². The third kappa shape index (κ3) is 6.70. The van der Waals surface area contributed by atoms with Gasteiger partial charge in [0.1, 0.15) is 0 Å². The summed E-state index contributed by atoms with van der Waals surface area (Å²) in [7, 11) is 0. The Hall–Kier alpha value is -1.36. The lowest BCUT2D eigenvalue weighted by Crippen LogP contribution is -2.26. The first-order chi connectivity index (χ1) is 9.49. The summed E-state index contributed by atoms with van der Waals surface area (Å²) in [6.07, 6.45) is 2.89. The molecule has 1 rings (SSSR count). The van der Waals surface area contributed by atoms with E-state index in [-0.39, 0.29) is 12.3 Å². The van der Waals surface area contributed by atoms with Crippen molar-refractivity contribution >= 4 is 27.8 Å². The molecule has 0 aromatic heterocycles. The second-order valence-electron chi connectivity index (χ2n) is 4.80. The van der Waals surface area contributed by atoms with Gasteiger partial charge in [0.25, 0.3) is 0 Å². The van der Waals surface area contributed by atoms with Gasteiger partial charge in [-0.25, -0.2) is 0 Å². The zero-order valence-corrected chi connectivity index (χ0v) is 13.2. The van der Waals surface area contributed by atoms with Crippen molar-refractivity contribution in [2.24, 2.45) is 0 Å². The molecule has 0 heterocycles. The summed E-state index contributed by atoms with van der Waals surface area (Å²) in [5.74, 6) is -0.756. The number of hydrogen-bond acceptors (Lipinski definition) is 2. The number of carbonyl (C=O) groups excluding carboxylic acids is 1. The minimum absolute atomic E-state index is 0.00802. The molecular weight excluding hydrogens is 322 g/mol. The Bertz CT molecular complexity index is 474. The molecule has 5 heteroatoms. The number of carboxylic acid groups (broad SMARTS) is 1. The van der Waals surface area contributed by atoms with E-state index in [1.807, 2.05) is 25.1 Å². The van der Waals surface area contributed by atoms with Crippen LogP contribution in [0.4, 0.5) is 0 Å². The van der Waals surface area contributed by atoms with Crippen molar-refractivity contribution in [1.29, 1.82) is 0 Å². The van der Waals surface area contributed by atoms with Gasteiger partial charge in [0.05, 0.1) is 6.42 Å². The van der Waals surface area contributed by atoms with Crippen molar-refractivity contribution in [3.63, 3.8) is 0 Å². The molecule has 1 aromatic carbocycles. The summed E-state index contributed by atoms with van der Waals surface area (Å²) in [5.41, 5.74) is 2.12. The summed E-state index contributed by atoms with van der Waals surface area (Å²) in [5, 5.41) is 11.4. The average molecular weight is 342 g/mol. The summed E-state index contributed by atoms with van der Waals surface area (Å²) in [6.45, 7) is 2.59. The highest BCUT2D eigenvalue weighted by Gasteiger charge is 2.06. The highest BCUT2D eigenvalue weighted by atomic mass is 79.9. The molecule has 0 fully saturated rings. The van der Waals surface area contributed by atoms with E-state index in [1.165, 1.54) is 0 Å². The number of halogens is 1. The summed E-state index contributed by atoms with van der Waals surface area (Å²) >= 11 is 3.40. The number of benzene rings is 1. The zero-order valence-electron chi connectivity index (χ0n) is 11.6. The zero-order chi connectivity index (χ0) is 15.0. The average Bonchev–Trinajstić information content (AvgIpc) is 2.36. The minimum Gasteiger partial charge on any atom is -0.481 e. The van der Waals surface area contributed by atoms with E-state index in [1.54, 1.807) is 0 Å². The fourth-order valence-electron chi connectivity index (χ4n) is 1.90. The first-order valence-corrected chi connectivity index (χ1v) is 7.52. The molecule has 0 radical (unpaired) electrons. The molecule has 0 saturated carbocycles. The van der Waals surface area contributed by atoms with E-state index >= 15 is 0 Å². The van der Waals surface area contributed by atoms with Gasteiger partial charge in [0.15, 0.2) is 0 Å². The standard InChI is InChI=1S/C15H20BrNO3/c1-11-9-13(16)7-6-12(11)10-14(18)17-8-4-2-3-5-15(19)20/h6-7,9H,2-5,8,10H2,1H3,(H,17,18)(H,19,20). The highest BCUT2D eigenvalue weighted by Crippen LogP contribution is 2.16. The minimum atomic E-state index is -0.764. The number of aliphatic carboxylic acids is 1. The van der Waals surface area contributed by atoms with Gasteiger partial charge in [-0.2, -0.15) is 0 Å². The maximum Gasteiger partial charge on any atom is 0.303 e. The van der Waals surface area contributed by atoms with Crippen molar-refractivity contribution < 1.29 is 14.7 Å². The van der Waals surface area contributed by atoms with Crippen LogP contribution in [-0.2, 0) is 16.0 Å². The van der Waals surface area contributed by atoms with Crippen LogP contribution < -0.4 is 5.32 Å². The molecule has 0 spiro atoms. The normalized spacial score (nSPS) is 10.3. The van der Waals surface area contributed by atoms with Gasteiger partial charge in [-0.15, -0.1) is 0 Å². The van der Waals surface area contributed by atoms with E-state index in [2.05, 4.69) is 21.2 Å². The number of carbonyl (C=O) groups is 2. The molecular formula is C15H20BrNO3. The first kappa shape index (κ1) is 16.7. The van der Waals surface area contributed by atoms with Crippen LogP contribution in [0.1, 0.15) is 36.8 Å². The Morgan fingerprint density at radius 1 is 1.25 bits per heavy atom. The van der Waals surface area contributed by atoms with Crippen LogP contribution in [0.25, 0.3) is 0 Å². The molecule has 20 heavy (non-hydrogen) atoms. The number of hydrogen-bond donors (Lipinski definition) is 2. The Morgan fingerprint density at radius 2 is 2.00 bits per heavy atom. The summed E-state index contributed by atoms with van der Waals surface area (Å²) in [6, 6.07) is 5.88. The van der Waals surface area contributed by atoms with Crippen LogP contribution in [0.5, 0.6) is 0 Å². The molecule has 0 bridgehead atoms. The Balaban J connectivity index is 2.22. The van der Waals surface area contributed by atoms with Crippen molar-refractivity contribution in [2.45, 2.75) is 39.0 Å². The number of amides is 1. The van der Waals surface area contributed by atoms with Crippen LogP contribution >= 0.6 is 15.9 Å². The predicted molar refractivity (Wildman–Crippen MR) is 81.7 cm³/mol. The SMILES string of the molecule is Cc1cc(Br)ccc1CC(=O)NCCCCCC(=O)O. The predicted octanol–water partition coefficient (Wildman–Crippen LogP) is 3.06. The second-order valence-corrected chi connectivity index (χ2v) is 5.72. The summed E-state index contributed by atoms with van der Waals surface area (Å²) in [4.78, 5) is 22.1. The number of rotatable bonds is 8. The molecule has 0 aliphatic rings. The van der Waals surface area contributed by atoms with E-state index in [0.717, 1.165) is 28.4 Å². The van der Waals surface area contributed by atoms with Crippen molar-refractivity contribution in [2.75, 3.05) is 6.54 Å². The van der Waals surface area contributed by atoms with Gasteiger partial charge in [0.2, 0.25) is 5.91 Å². The van der Waals surface area contributed by atoms with E-state index in [4.69, 9.17) is 5.11 Å². The first-order valence-electron chi connectivity index (χ1n) is 6.72. The van der Waals surface area contributed by atoms with Gasteiger partial charge in [-0.05, 0) is 43.0 Å². The number of nitrogens with one attached hydrogen (secondary N) is 1. The fourth-order valence-corrected chi connectivity index (χ4v) is 2.37. The molecule has 0 aliphatic heterocycles. The lowest BCUT2D eigenvalue weighted by molar-refractivity contribution is -0.137. The third-order valence-electron chi connectivity index (χ3n) is 3.05. The van der Waals surface area contributed by atoms with Crippen molar-refractivity contribution in [3.05, 3.63) is 33.8 Å². The monoisotopic (exact) mass is 341 g/mol. The third-order valence-corrected chi connectivity index (χ3v) is 3.54. The highest BCUT2D eigenvalue weighted by molar-refractivity contribution is 9.10. The van der Waals surface area contributed by atoms with Crippen LogP contribution in [0.2, 0.25) is 0 Å².